The molecule has 0 saturated carbocycles. The Morgan fingerprint density at radius 2 is 1.78 bits per heavy atom. The lowest BCUT2D eigenvalue weighted by Gasteiger charge is -2.15. The Morgan fingerprint density at radius 3 is 2.57 bits per heavy atom. The zero-order chi connectivity index (χ0) is 15.6. The van der Waals surface area contributed by atoms with Crippen molar-refractivity contribution in [3.63, 3.8) is 0 Å². The van der Waals surface area contributed by atoms with Crippen LogP contribution in [-0.4, -0.2) is 10.2 Å². The molecule has 3 aromatic heterocycles. The maximum Gasteiger partial charge on any atom is 0.157 e. The molecular formula is C18H15N3S2. The second kappa shape index (κ2) is 6.10. The minimum absolute atomic E-state index is 0.182. The lowest BCUT2D eigenvalue weighted by Crippen LogP contribution is -2.08. The number of rotatable bonds is 4. The third-order valence-corrected chi connectivity index (χ3v) is 5.59. The van der Waals surface area contributed by atoms with Gasteiger partial charge in [-0.1, -0.05) is 36.4 Å². The minimum atomic E-state index is 0.182. The fourth-order valence-corrected chi connectivity index (χ4v) is 4.26. The average Bonchev–Trinajstić information content (AvgIpc) is 3.28. The molecule has 0 saturated heterocycles. The van der Waals surface area contributed by atoms with Gasteiger partial charge in [-0.2, -0.15) is 0 Å². The van der Waals surface area contributed by atoms with Gasteiger partial charge in [0.05, 0.1) is 15.6 Å². The number of aromatic nitrogens is 2. The summed E-state index contributed by atoms with van der Waals surface area (Å²) < 4.78 is 1.19. The Morgan fingerprint density at radius 1 is 0.913 bits per heavy atom. The van der Waals surface area contributed by atoms with Crippen LogP contribution in [0.3, 0.4) is 0 Å². The van der Waals surface area contributed by atoms with Gasteiger partial charge in [-0.05, 0) is 35.4 Å². The largest absolute Gasteiger partial charge is 0.362 e. The van der Waals surface area contributed by atoms with E-state index in [0.717, 1.165) is 21.8 Å². The molecule has 0 fully saturated rings. The Bertz CT molecular complexity index is 914. The minimum Gasteiger partial charge on any atom is -0.362 e. The van der Waals surface area contributed by atoms with Crippen LogP contribution >= 0.6 is 22.7 Å². The first-order valence-electron chi connectivity index (χ1n) is 7.42. The fourth-order valence-electron chi connectivity index (χ4n) is 2.59. The molecule has 0 aliphatic carbocycles. The molecule has 1 N–H and O–H groups in total. The topological polar surface area (TPSA) is 37.8 Å². The van der Waals surface area contributed by atoms with Crippen LogP contribution in [0.4, 0.5) is 5.82 Å². The monoisotopic (exact) mass is 337 g/mol. The first-order chi connectivity index (χ1) is 11.3. The fraction of sp³-hybridized carbons (Fsp3) is 0.111. The van der Waals surface area contributed by atoms with Gasteiger partial charge in [0.15, 0.2) is 5.82 Å². The molecule has 0 amide bonds. The van der Waals surface area contributed by atoms with E-state index in [1.165, 1.54) is 10.3 Å². The summed E-state index contributed by atoms with van der Waals surface area (Å²) in [6, 6.07) is 16.8. The third-order valence-electron chi connectivity index (χ3n) is 3.79. The van der Waals surface area contributed by atoms with Crippen molar-refractivity contribution in [1.29, 1.82) is 0 Å². The summed E-state index contributed by atoms with van der Waals surface area (Å²) in [7, 11) is 0. The quantitative estimate of drug-likeness (QED) is 0.527. The van der Waals surface area contributed by atoms with Crippen molar-refractivity contribution < 1.29 is 0 Å². The lowest BCUT2D eigenvalue weighted by molar-refractivity contribution is 0.866. The summed E-state index contributed by atoms with van der Waals surface area (Å²) >= 11 is 3.41. The van der Waals surface area contributed by atoms with Crippen molar-refractivity contribution in [1.82, 2.24) is 10.2 Å². The van der Waals surface area contributed by atoms with Gasteiger partial charge in [-0.15, -0.1) is 32.9 Å². The molecule has 1 aromatic carbocycles. The number of anilines is 1. The molecule has 0 spiro atoms. The van der Waals surface area contributed by atoms with Gasteiger partial charge in [-0.25, -0.2) is 0 Å². The maximum absolute atomic E-state index is 4.48. The number of thiophene rings is 2. The van der Waals surface area contributed by atoms with Crippen LogP contribution in [0.15, 0.2) is 59.3 Å². The molecule has 0 unspecified atom stereocenters. The average molecular weight is 337 g/mol. The summed E-state index contributed by atoms with van der Waals surface area (Å²) in [4.78, 5) is 1.16. The van der Waals surface area contributed by atoms with Gasteiger partial charge in [0.25, 0.3) is 0 Å². The predicted molar refractivity (Wildman–Crippen MR) is 99.2 cm³/mol. The number of nitrogens with one attached hydrogen (secondary N) is 1. The molecule has 23 heavy (non-hydrogen) atoms. The maximum atomic E-state index is 4.48. The highest BCUT2D eigenvalue weighted by Gasteiger charge is 2.15. The smallest absolute Gasteiger partial charge is 0.157 e. The predicted octanol–water partition coefficient (Wildman–Crippen LogP) is 5.59. The number of nitrogens with zero attached hydrogens (tertiary/aromatic N) is 2. The van der Waals surface area contributed by atoms with Crippen molar-refractivity contribution in [2.75, 3.05) is 5.32 Å². The molecule has 4 rings (SSSR count). The van der Waals surface area contributed by atoms with Crippen LogP contribution in [0, 0.1) is 0 Å². The van der Waals surface area contributed by atoms with E-state index in [0.29, 0.717) is 0 Å². The van der Waals surface area contributed by atoms with Crippen LogP contribution in [-0.2, 0) is 0 Å². The first-order valence-corrected chi connectivity index (χ1v) is 9.18. The molecule has 1 atom stereocenters. The third kappa shape index (κ3) is 2.73. The first kappa shape index (κ1) is 14.4. The van der Waals surface area contributed by atoms with E-state index in [1.807, 2.05) is 12.1 Å². The van der Waals surface area contributed by atoms with E-state index in [9.17, 15) is 0 Å². The van der Waals surface area contributed by atoms with E-state index in [1.54, 1.807) is 22.7 Å². The summed E-state index contributed by atoms with van der Waals surface area (Å²) in [6.45, 7) is 2.14. The summed E-state index contributed by atoms with van der Waals surface area (Å²) in [6.07, 6.45) is 0. The molecule has 0 aliphatic rings. The normalized spacial score (nSPS) is 12.4. The Kier molecular flexibility index (Phi) is 3.81. The van der Waals surface area contributed by atoms with Gasteiger partial charge in [0, 0.05) is 5.39 Å². The molecule has 0 bridgehead atoms. The van der Waals surface area contributed by atoms with Crippen molar-refractivity contribution in [2.24, 2.45) is 0 Å². The lowest BCUT2D eigenvalue weighted by atomic mass is 10.1. The van der Waals surface area contributed by atoms with Crippen molar-refractivity contribution >= 4 is 38.6 Å². The Hall–Kier alpha value is -2.24. The SMILES string of the molecule is C[C@@H](Nc1nnc(-c2cccs2)c2sccc12)c1ccccc1. The highest BCUT2D eigenvalue weighted by atomic mass is 32.1. The molecule has 3 heterocycles. The van der Waals surface area contributed by atoms with Crippen LogP contribution < -0.4 is 5.32 Å². The zero-order valence-electron chi connectivity index (χ0n) is 12.6. The van der Waals surface area contributed by atoms with E-state index in [4.69, 9.17) is 0 Å². The van der Waals surface area contributed by atoms with E-state index in [-0.39, 0.29) is 6.04 Å². The van der Waals surface area contributed by atoms with Gasteiger partial charge in [0.1, 0.15) is 5.69 Å². The molecule has 3 nitrogen and oxygen atoms in total. The standard InChI is InChI=1S/C18H15N3S2/c1-12(13-6-3-2-4-7-13)19-18-14-9-11-23-17(14)16(20-21-18)15-8-5-10-22-15/h2-12H,1H3,(H,19,21)/t12-/m1/s1. The van der Waals surface area contributed by atoms with Gasteiger partial charge < -0.3 is 5.32 Å². The second-order valence-electron chi connectivity index (χ2n) is 5.31. The van der Waals surface area contributed by atoms with E-state index in [2.05, 4.69) is 69.6 Å². The highest BCUT2D eigenvalue weighted by Crippen LogP contribution is 2.36. The number of benzene rings is 1. The molecule has 5 heteroatoms. The Balaban J connectivity index is 1.72. The van der Waals surface area contributed by atoms with Crippen LogP contribution in [0.25, 0.3) is 20.7 Å². The molecular weight excluding hydrogens is 322 g/mol. The summed E-state index contributed by atoms with van der Waals surface area (Å²) in [5.74, 6) is 0.845. The molecule has 0 aliphatic heterocycles. The van der Waals surface area contributed by atoms with Crippen molar-refractivity contribution in [3.05, 3.63) is 64.9 Å². The van der Waals surface area contributed by atoms with Crippen molar-refractivity contribution in [3.8, 4) is 10.6 Å². The Labute approximate surface area is 142 Å². The number of hydrogen-bond donors (Lipinski definition) is 1. The van der Waals surface area contributed by atoms with Crippen LogP contribution in [0.1, 0.15) is 18.5 Å². The van der Waals surface area contributed by atoms with Crippen molar-refractivity contribution in [2.45, 2.75) is 13.0 Å². The van der Waals surface area contributed by atoms with Gasteiger partial charge >= 0.3 is 0 Å². The second-order valence-corrected chi connectivity index (χ2v) is 7.18. The van der Waals surface area contributed by atoms with E-state index >= 15 is 0 Å². The molecule has 114 valence electrons. The zero-order valence-corrected chi connectivity index (χ0v) is 14.2. The number of hydrogen-bond acceptors (Lipinski definition) is 5. The molecule has 0 radical (unpaired) electrons. The van der Waals surface area contributed by atoms with Gasteiger partial charge in [-0.3, -0.25) is 0 Å². The summed E-state index contributed by atoms with van der Waals surface area (Å²) in [5.41, 5.74) is 2.21. The highest BCUT2D eigenvalue weighted by molar-refractivity contribution is 7.19. The van der Waals surface area contributed by atoms with E-state index < -0.39 is 0 Å². The molecule has 4 aromatic rings. The van der Waals surface area contributed by atoms with Crippen LogP contribution in [0.2, 0.25) is 0 Å². The van der Waals surface area contributed by atoms with Crippen LogP contribution in [0.5, 0.6) is 0 Å². The number of fused-ring (bicyclic) bond motifs is 1. The summed E-state index contributed by atoms with van der Waals surface area (Å²) in [5, 5.41) is 17.7. The van der Waals surface area contributed by atoms with Gasteiger partial charge in [0.2, 0.25) is 0 Å².